The van der Waals surface area contributed by atoms with E-state index in [0.29, 0.717) is 10.4 Å². The average Bonchev–Trinajstić information content (AvgIpc) is 2.62. The van der Waals surface area contributed by atoms with Gasteiger partial charge in [0.2, 0.25) is 0 Å². The molecule has 0 unspecified atom stereocenters. The van der Waals surface area contributed by atoms with Gasteiger partial charge in [-0.05, 0) is 6.07 Å². The van der Waals surface area contributed by atoms with Crippen LogP contribution < -0.4 is 5.56 Å². The van der Waals surface area contributed by atoms with Gasteiger partial charge in [0.1, 0.15) is 0 Å². The minimum atomic E-state index is -0.0848. The second-order valence-electron chi connectivity index (χ2n) is 3.29. The van der Waals surface area contributed by atoms with Gasteiger partial charge in [-0.1, -0.05) is 29.8 Å². The summed E-state index contributed by atoms with van der Waals surface area (Å²) in [5, 5.41) is 4.13. The van der Waals surface area contributed by atoms with Crippen LogP contribution in [0.5, 0.6) is 0 Å². The second-order valence-corrected chi connectivity index (χ2v) is 4.57. The highest BCUT2D eigenvalue weighted by atomic mass is 35.5. The monoisotopic (exact) mass is 235 g/mol. The van der Waals surface area contributed by atoms with Crippen molar-refractivity contribution in [3.63, 3.8) is 0 Å². The number of benzene rings is 1. The summed E-state index contributed by atoms with van der Waals surface area (Å²) in [5.41, 5.74) is 0.656. The van der Waals surface area contributed by atoms with Crippen LogP contribution in [0.4, 0.5) is 0 Å². The van der Waals surface area contributed by atoms with Gasteiger partial charge in [0.05, 0.1) is 15.2 Å². The van der Waals surface area contributed by atoms with Crippen molar-refractivity contribution in [1.29, 1.82) is 0 Å². The largest absolute Gasteiger partial charge is 0.319 e. The molecule has 0 atom stereocenters. The summed E-state index contributed by atoms with van der Waals surface area (Å²) in [4.78, 5) is 14.5. The van der Waals surface area contributed by atoms with Crippen LogP contribution in [0.2, 0.25) is 5.02 Å². The number of H-pyrrole nitrogens is 1. The Morgan fingerprint density at radius 3 is 2.73 bits per heavy atom. The van der Waals surface area contributed by atoms with Gasteiger partial charge in [0, 0.05) is 16.2 Å². The molecule has 0 saturated heterocycles. The molecule has 0 aliphatic rings. The summed E-state index contributed by atoms with van der Waals surface area (Å²) in [5.74, 6) is 0. The van der Waals surface area contributed by atoms with Gasteiger partial charge in [-0.15, -0.1) is 11.3 Å². The third-order valence-corrected chi connectivity index (χ3v) is 3.84. The summed E-state index contributed by atoms with van der Waals surface area (Å²) in [6.07, 6.45) is 0. The maximum absolute atomic E-state index is 11.7. The maximum atomic E-state index is 11.7. The van der Waals surface area contributed by atoms with Crippen LogP contribution in [0.3, 0.4) is 0 Å². The Hall–Kier alpha value is -1.32. The van der Waals surface area contributed by atoms with Crippen molar-refractivity contribution >= 4 is 43.9 Å². The fourth-order valence-electron chi connectivity index (χ4n) is 1.71. The molecular formula is C11H6ClNOS. The van der Waals surface area contributed by atoms with Gasteiger partial charge in [-0.25, -0.2) is 0 Å². The number of aromatic nitrogens is 1. The molecule has 3 aromatic rings. The first-order valence-electron chi connectivity index (χ1n) is 4.45. The normalized spacial score (nSPS) is 11.3. The first kappa shape index (κ1) is 8.95. The highest BCUT2D eigenvalue weighted by molar-refractivity contribution is 7.18. The van der Waals surface area contributed by atoms with E-state index in [4.69, 9.17) is 11.6 Å². The number of pyridine rings is 1. The van der Waals surface area contributed by atoms with Gasteiger partial charge in [0.25, 0.3) is 5.56 Å². The molecule has 0 bridgehead atoms. The number of halogens is 1. The van der Waals surface area contributed by atoms with Crippen LogP contribution in [0.25, 0.3) is 21.0 Å². The van der Waals surface area contributed by atoms with Crippen LogP contribution in [0.1, 0.15) is 0 Å². The molecule has 3 rings (SSSR count). The first-order valence-corrected chi connectivity index (χ1v) is 5.71. The Morgan fingerprint density at radius 1 is 1.20 bits per heavy atom. The molecule has 15 heavy (non-hydrogen) atoms. The fourth-order valence-corrected chi connectivity index (χ4v) is 2.97. The molecule has 2 aromatic heterocycles. The van der Waals surface area contributed by atoms with Crippen molar-refractivity contribution in [3.05, 3.63) is 45.0 Å². The average molecular weight is 236 g/mol. The third-order valence-electron chi connectivity index (χ3n) is 2.40. The first-order chi connectivity index (χ1) is 7.27. The minimum absolute atomic E-state index is 0.0848. The molecule has 2 heterocycles. The van der Waals surface area contributed by atoms with E-state index >= 15 is 0 Å². The molecule has 74 valence electrons. The van der Waals surface area contributed by atoms with Crippen molar-refractivity contribution in [2.75, 3.05) is 0 Å². The molecule has 0 aliphatic carbocycles. The van der Waals surface area contributed by atoms with E-state index in [9.17, 15) is 4.79 Å². The highest BCUT2D eigenvalue weighted by Gasteiger charge is 2.08. The molecule has 0 fully saturated rings. The molecule has 4 heteroatoms. The lowest BCUT2D eigenvalue weighted by molar-refractivity contribution is 1.35. The molecule has 2 nitrogen and oxygen atoms in total. The molecule has 0 radical (unpaired) electrons. The van der Waals surface area contributed by atoms with E-state index in [0.717, 1.165) is 15.6 Å². The van der Waals surface area contributed by atoms with Gasteiger partial charge in [-0.3, -0.25) is 4.79 Å². The zero-order chi connectivity index (χ0) is 10.4. The zero-order valence-electron chi connectivity index (χ0n) is 7.58. The van der Waals surface area contributed by atoms with E-state index in [1.54, 1.807) is 11.3 Å². The second kappa shape index (κ2) is 3.08. The van der Waals surface area contributed by atoms with Crippen LogP contribution >= 0.6 is 22.9 Å². The Balaban J connectivity index is 2.71. The quantitative estimate of drug-likeness (QED) is 0.637. The summed E-state index contributed by atoms with van der Waals surface area (Å²) in [6.45, 7) is 0. The Kier molecular flexibility index (Phi) is 1.84. The molecule has 0 spiro atoms. The number of fused-ring (bicyclic) bond motifs is 3. The smallest absolute Gasteiger partial charge is 0.256 e. The van der Waals surface area contributed by atoms with E-state index in [1.807, 2.05) is 29.6 Å². The summed E-state index contributed by atoms with van der Waals surface area (Å²) in [7, 11) is 0. The molecule has 1 aromatic carbocycles. The lowest BCUT2D eigenvalue weighted by Crippen LogP contribution is -2.04. The standard InChI is InChI=1S/C11H6ClNOS/c12-8-5-15-10-6-3-1-2-4-7(6)11(14)13-9(8)10/h1-5H,(H,13,14). The van der Waals surface area contributed by atoms with Crippen molar-refractivity contribution in [3.8, 4) is 0 Å². The van der Waals surface area contributed by atoms with Crippen LogP contribution in [-0.2, 0) is 0 Å². The van der Waals surface area contributed by atoms with Gasteiger partial charge < -0.3 is 4.98 Å². The molecule has 0 aliphatic heterocycles. The molecular weight excluding hydrogens is 230 g/mol. The topological polar surface area (TPSA) is 32.9 Å². The maximum Gasteiger partial charge on any atom is 0.256 e. The summed E-state index contributed by atoms with van der Waals surface area (Å²) >= 11 is 7.54. The number of thiophene rings is 1. The molecule has 0 amide bonds. The summed E-state index contributed by atoms with van der Waals surface area (Å²) in [6, 6.07) is 7.55. The van der Waals surface area contributed by atoms with Crippen molar-refractivity contribution in [2.24, 2.45) is 0 Å². The van der Waals surface area contributed by atoms with Gasteiger partial charge in [-0.2, -0.15) is 0 Å². The molecule has 0 saturated carbocycles. The van der Waals surface area contributed by atoms with Crippen LogP contribution in [0.15, 0.2) is 34.4 Å². The van der Waals surface area contributed by atoms with Crippen molar-refractivity contribution in [2.45, 2.75) is 0 Å². The number of hydrogen-bond donors (Lipinski definition) is 1. The number of hydrogen-bond acceptors (Lipinski definition) is 2. The Bertz CT molecular complexity index is 713. The Morgan fingerprint density at radius 2 is 1.93 bits per heavy atom. The van der Waals surface area contributed by atoms with Gasteiger partial charge >= 0.3 is 0 Å². The van der Waals surface area contributed by atoms with E-state index < -0.39 is 0 Å². The third kappa shape index (κ3) is 1.20. The Labute approximate surface area is 94.1 Å². The molecule has 1 N–H and O–H groups in total. The predicted octanol–water partition coefficient (Wildman–Crippen LogP) is 3.40. The predicted molar refractivity (Wildman–Crippen MR) is 65.0 cm³/mol. The van der Waals surface area contributed by atoms with Crippen molar-refractivity contribution < 1.29 is 0 Å². The van der Waals surface area contributed by atoms with E-state index in [2.05, 4.69) is 4.98 Å². The van der Waals surface area contributed by atoms with Crippen molar-refractivity contribution in [1.82, 2.24) is 4.98 Å². The lowest BCUT2D eigenvalue weighted by atomic mass is 10.1. The SMILES string of the molecule is O=c1[nH]c2c(Cl)csc2c2ccccc12. The summed E-state index contributed by atoms with van der Waals surface area (Å²) < 4.78 is 1.04. The van der Waals surface area contributed by atoms with Crippen LogP contribution in [0, 0.1) is 0 Å². The van der Waals surface area contributed by atoms with E-state index in [1.165, 1.54) is 0 Å². The highest BCUT2D eigenvalue weighted by Crippen LogP contribution is 2.31. The fraction of sp³-hybridized carbons (Fsp3) is 0. The number of rotatable bonds is 0. The van der Waals surface area contributed by atoms with Gasteiger partial charge in [0.15, 0.2) is 0 Å². The van der Waals surface area contributed by atoms with E-state index in [-0.39, 0.29) is 5.56 Å². The zero-order valence-corrected chi connectivity index (χ0v) is 9.15. The lowest BCUT2D eigenvalue weighted by Gasteiger charge is -1.98. The minimum Gasteiger partial charge on any atom is -0.319 e. The number of nitrogens with one attached hydrogen (secondary N) is 1. The van der Waals surface area contributed by atoms with Crippen LogP contribution in [-0.4, -0.2) is 4.98 Å². The number of aromatic amines is 1.